The molecule has 98 valence electrons. The molecule has 0 aromatic heterocycles. The van der Waals surface area contributed by atoms with Crippen molar-refractivity contribution in [1.82, 2.24) is 5.32 Å². The van der Waals surface area contributed by atoms with E-state index in [-0.39, 0.29) is 17.8 Å². The van der Waals surface area contributed by atoms with Crippen molar-refractivity contribution in [3.05, 3.63) is 29.3 Å². The lowest BCUT2D eigenvalue weighted by molar-refractivity contribution is 0.0942. The van der Waals surface area contributed by atoms with Gasteiger partial charge in [-0.2, -0.15) is 0 Å². The van der Waals surface area contributed by atoms with Crippen molar-refractivity contribution in [1.29, 1.82) is 0 Å². The van der Waals surface area contributed by atoms with Gasteiger partial charge >= 0.3 is 0 Å². The van der Waals surface area contributed by atoms with E-state index >= 15 is 0 Å². The minimum Gasteiger partial charge on any atom is -0.507 e. The molecule has 1 aliphatic carbocycles. The van der Waals surface area contributed by atoms with Crippen molar-refractivity contribution in [2.45, 2.75) is 32.3 Å². The number of para-hydroxylation sites is 1. The van der Waals surface area contributed by atoms with Gasteiger partial charge in [-0.3, -0.25) is 4.79 Å². The van der Waals surface area contributed by atoms with Crippen LogP contribution in [0.1, 0.15) is 35.2 Å². The summed E-state index contributed by atoms with van der Waals surface area (Å²) < 4.78 is 0. The number of aliphatic hydroxyl groups excluding tert-OH is 1. The third-order valence-electron chi connectivity index (χ3n) is 3.55. The molecular weight excluding hydrogens is 230 g/mol. The van der Waals surface area contributed by atoms with Crippen molar-refractivity contribution < 1.29 is 15.0 Å². The zero-order valence-corrected chi connectivity index (χ0v) is 10.5. The van der Waals surface area contributed by atoms with Crippen molar-refractivity contribution in [3.8, 4) is 5.75 Å². The second-order valence-electron chi connectivity index (χ2n) is 5.01. The lowest BCUT2D eigenvalue weighted by Gasteiger charge is -2.12. The number of phenolic OH excluding ortho intramolecular Hbond substituents is 1. The van der Waals surface area contributed by atoms with E-state index < -0.39 is 0 Å². The van der Waals surface area contributed by atoms with Gasteiger partial charge in [-0.25, -0.2) is 0 Å². The number of amides is 1. The molecule has 1 aromatic carbocycles. The summed E-state index contributed by atoms with van der Waals surface area (Å²) in [5.41, 5.74) is 1.01. The second kappa shape index (κ2) is 5.40. The highest BCUT2D eigenvalue weighted by Crippen LogP contribution is 2.25. The summed E-state index contributed by atoms with van der Waals surface area (Å²) in [6, 6.07) is 5.13. The average molecular weight is 249 g/mol. The molecule has 4 heteroatoms. The Labute approximate surface area is 107 Å². The highest BCUT2D eigenvalue weighted by Gasteiger charge is 2.23. The van der Waals surface area contributed by atoms with Crippen LogP contribution in [-0.4, -0.2) is 28.8 Å². The van der Waals surface area contributed by atoms with Crippen LogP contribution >= 0.6 is 0 Å². The molecule has 0 heterocycles. The number of rotatable bonds is 3. The summed E-state index contributed by atoms with van der Waals surface area (Å²) in [6.07, 6.45) is 2.29. The van der Waals surface area contributed by atoms with Crippen LogP contribution in [0.4, 0.5) is 0 Å². The van der Waals surface area contributed by atoms with Crippen molar-refractivity contribution >= 4 is 5.91 Å². The SMILES string of the molecule is Cc1cccc(C(=O)NCC2CCC(O)C2)c1O. The van der Waals surface area contributed by atoms with Crippen LogP contribution in [0.5, 0.6) is 5.75 Å². The van der Waals surface area contributed by atoms with E-state index in [4.69, 9.17) is 0 Å². The third kappa shape index (κ3) is 2.82. The first-order valence-electron chi connectivity index (χ1n) is 6.32. The Hall–Kier alpha value is -1.55. The van der Waals surface area contributed by atoms with Crippen LogP contribution in [0.25, 0.3) is 0 Å². The number of benzene rings is 1. The molecule has 1 aromatic rings. The fourth-order valence-corrected chi connectivity index (χ4v) is 2.41. The minimum absolute atomic E-state index is 0.0430. The molecule has 0 saturated heterocycles. The van der Waals surface area contributed by atoms with E-state index in [1.807, 2.05) is 0 Å². The first-order valence-corrected chi connectivity index (χ1v) is 6.32. The molecule has 2 atom stereocenters. The number of hydrogen-bond donors (Lipinski definition) is 3. The molecule has 3 N–H and O–H groups in total. The number of carbonyl (C=O) groups is 1. The molecule has 1 saturated carbocycles. The van der Waals surface area contributed by atoms with Crippen LogP contribution in [0.15, 0.2) is 18.2 Å². The van der Waals surface area contributed by atoms with Gasteiger partial charge in [0.1, 0.15) is 5.75 Å². The van der Waals surface area contributed by atoms with E-state index in [1.165, 1.54) is 0 Å². The molecule has 0 bridgehead atoms. The maximum Gasteiger partial charge on any atom is 0.255 e. The zero-order valence-electron chi connectivity index (χ0n) is 10.5. The van der Waals surface area contributed by atoms with Crippen LogP contribution < -0.4 is 5.32 Å². The van der Waals surface area contributed by atoms with Gasteiger partial charge in [-0.15, -0.1) is 0 Å². The van der Waals surface area contributed by atoms with E-state index in [2.05, 4.69) is 5.32 Å². The Morgan fingerprint density at radius 1 is 1.44 bits per heavy atom. The fraction of sp³-hybridized carbons (Fsp3) is 0.500. The van der Waals surface area contributed by atoms with Gasteiger partial charge in [0.25, 0.3) is 5.91 Å². The molecule has 4 nitrogen and oxygen atoms in total. The normalized spacial score (nSPS) is 23.0. The smallest absolute Gasteiger partial charge is 0.255 e. The second-order valence-corrected chi connectivity index (χ2v) is 5.01. The Morgan fingerprint density at radius 2 is 2.22 bits per heavy atom. The molecule has 0 radical (unpaired) electrons. The largest absolute Gasteiger partial charge is 0.507 e. The summed E-state index contributed by atoms with van der Waals surface area (Å²) in [6.45, 7) is 2.32. The number of aliphatic hydroxyl groups is 1. The molecular formula is C14H19NO3. The summed E-state index contributed by atoms with van der Waals surface area (Å²) in [4.78, 5) is 11.9. The third-order valence-corrected chi connectivity index (χ3v) is 3.55. The number of phenols is 1. The number of aryl methyl sites for hydroxylation is 1. The summed E-state index contributed by atoms with van der Waals surface area (Å²) in [5, 5.41) is 22.0. The van der Waals surface area contributed by atoms with Crippen molar-refractivity contribution in [2.24, 2.45) is 5.92 Å². The van der Waals surface area contributed by atoms with Gasteiger partial charge in [-0.05, 0) is 43.7 Å². The monoisotopic (exact) mass is 249 g/mol. The van der Waals surface area contributed by atoms with E-state index in [0.29, 0.717) is 23.6 Å². The molecule has 18 heavy (non-hydrogen) atoms. The number of hydrogen-bond acceptors (Lipinski definition) is 3. The number of carbonyl (C=O) groups excluding carboxylic acids is 1. The van der Waals surface area contributed by atoms with Gasteiger partial charge in [-0.1, -0.05) is 12.1 Å². The average Bonchev–Trinajstić information content (AvgIpc) is 2.76. The molecule has 0 spiro atoms. The topological polar surface area (TPSA) is 69.6 Å². The van der Waals surface area contributed by atoms with E-state index in [1.54, 1.807) is 25.1 Å². The van der Waals surface area contributed by atoms with E-state index in [9.17, 15) is 15.0 Å². The van der Waals surface area contributed by atoms with Gasteiger partial charge in [0.05, 0.1) is 11.7 Å². The molecule has 1 fully saturated rings. The predicted octanol–water partition coefficient (Wildman–Crippen LogP) is 1.59. The highest BCUT2D eigenvalue weighted by molar-refractivity contribution is 5.97. The molecule has 0 aliphatic heterocycles. The first kappa shape index (κ1) is 12.9. The zero-order chi connectivity index (χ0) is 13.1. The number of aromatic hydroxyl groups is 1. The van der Waals surface area contributed by atoms with Gasteiger partial charge in [0.15, 0.2) is 0 Å². The Kier molecular flexibility index (Phi) is 3.87. The lowest BCUT2D eigenvalue weighted by atomic mass is 10.1. The van der Waals surface area contributed by atoms with Crippen LogP contribution in [0.3, 0.4) is 0 Å². The van der Waals surface area contributed by atoms with Gasteiger partial charge in [0, 0.05) is 6.54 Å². The van der Waals surface area contributed by atoms with Crippen molar-refractivity contribution in [3.63, 3.8) is 0 Å². The maximum absolute atomic E-state index is 11.9. The summed E-state index contributed by atoms with van der Waals surface area (Å²) >= 11 is 0. The molecule has 2 unspecified atom stereocenters. The van der Waals surface area contributed by atoms with Gasteiger partial charge in [0.2, 0.25) is 0 Å². The standard InChI is InChI=1S/C14H19NO3/c1-9-3-2-4-12(13(9)17)14(18)15-8-10-5-6-11(16)7-10/h2-4,10-11,16-17H,5-8H2,1H3,(H,15,18). The summed E-state index contributed by atoms with van der Waals surface area (Å²) in [7, 11) is 0. The lowest BCUT2D eigenvalue weighted by Crippen LogP contribution is -2.28. The van der Waals surface area contributed by atoms with Crippen LogP contribution in [-0.2, 0) is 0 Å². The Morgan fingerprint density at radius 3 is 2.89 bits per heavy atom. The number of nitrogens with one attached hydrogen (secondary N) is 1. The molecule has 1 amide bonds. The quantitative estimate of drug-likeness (QED) is 0.762. The van der Waals surface area contributed by atoms with E-state index in [0.717, 1.165) is 19.3 Å². The highest BCUT2D eigenvalue weighted by atomic mass is 16.3. The first-order chi connectivity index (χ1) is 8.58. The van der Waals surface area contributed by atoms with Crippen molar-refractivity contribution in [2.75, 3.05) is 6.54 Å². The molecule has 2 rings (SSSR count). The van der Waals surface area contributed by atoms with Crippen LogP contribution in [0, 0.1) is 12.8 Å². The maximum atomic E-state index is 11.9. The molecule has 1 aliphatic rings. The Balaban J connectivity index is 1.94. The predicted molar refractivity (Wildman–Crippen MR) is 68.5 cm³/mol. The van der Waals surface area contributed by atoms with Crippen LogP contribution in [0.2, 0.25) is 0 Å². The Bertz CT molecular complexity index is 445. The fourth-order valence-electron chi connectivity index (χ4n) is 2.41. The summed E-state index contributed by atoms with van der Waals surface area (Å²) in [5.74, 6) is 0.134. The minimum atomic E-state index is -0.252. The van der Waals surface area contributed by atoms with Gasteiger partial charge < -0.3 is 15.5 Å².